The zero-order valence-electron chi connectivity index (χ0n) is 17.6. The molecule has 6 nitrogen and oxygen atoms in total. The Morgan fingerprint density at radius 2 is 1.81 bits per heavy atom. The van der Waals surface area contributed by atoms with Gasteiger partial charge in [0.15, 0.2) is 15.8 Å². The Hall–Kier alpha value is -0.0900. The zero-order chi connectivity index (χ0) is 19.3. The average Bonchev–Trinajstić information content (AvgIpc) is 2.48. The third-order valence-electron chi connectivity index (χ3n) is 4.84. The Bertz CT molecular complexity index is 539. The van der Waals surface area contributed by atoms with Gasteiger partial charge in [0.25, 0.3) is 0 Å². The minimum atomic E-state index is -3.03. The summed E-state index contributed by atoms with van der Waals surface area (Å²) in [6.07, 6.45) is 1.00. The Balaban J connectivity index is 0.00000625. The van der Waals surface area contributed by atoms with E-state index < -0.39 is 14.6 Å². The highest BCUT2D eigenvalue weighted by molar-refractivity contribution is 14.0. The predicted molar refractivity (Wildman–Crippen MR) is 122 cm³/mol. The molecule has 1 fully saturated rings. The third kappa shape index (κ3) is 7.14. The summed E-state index contributed by atoms with van der Waals surface area (Å²) in [7, 11) is -3.03. The maximum Gasteiger partial charge on any atom is 0.193 e. The van der Waals surface area contributed by atoms with E-state index in [-0.39, 0.29) is 29.7 Å². The number of nitrogens with zero attached hydrogens (tertiary/aromatic N) is 3. The van der Waals surface area contributed by atoms with Crippen LogP contribution in [0.2, 0.25) is 0 Å². The lowest BCUT2D eigenvalue weighted by molar-refractivity contribution is 0.174. The standard InChI is InChI=1S/C18H38N4O2S.HI/c1-8-19-17(20-10-9-11-22(15(2)3)16(4)5)21-12-13-25(23,24)18(6,7)14-21;/h15-16H,8-14H2,1-7H3,(H,19,20);1H. The Morgan fingerprint density at radius 1 is 1.23 bits per heavy atom. The molecule has 0 aromatic heterocycles. The summed E-state index contributed by atoms with van der Waals surface area (Å²) in [4.78, 5) is 9.31. The van der Waals surface area contributed by atoms with Crippen LogP contribution in [0.1, 0.15) is 54.9 Å². The number of halogens is 1. The van der Waals surface area contributed by atoms with Crippen LogP contribution in [0.4, 0.5) is 0 Å². The van der Waals surface area contributed by atoms with Gasteiger partial charge in [0.2, 0.25) is 0 Å². The van der Waals surface area contributed by atoms with Gasteiger partial charge in [-0.15, -0.1) is 24.0 Å². The van der Waals surface area contributed by atoms with Crippen molar-refractivity contribution < 1.29 is 8.42 Å². The lowest BCUT2D eigenvalue weighted by atomic mass is 10.2. The van der Waals surface area contributed by atoms with Crippen molar-refractivity contribution in [1.82, 2.24) is 15.1 Å². The van der Waals surface area contributed by atoms with Crippen LogP contribution in [0.15, 0.2) is 4.99 Å². The fourth-order valence-corrected chi connectivity index (χ4v) is 4.67. The van der Waals surface area contributed by atoms with Crippen LogP contribution in [-0.2, 0) is 9.84 Å². The van der Waals surface area contributed by atoms with E-state index in [0.29, 0.717) is 25.2 Å². The SMILES string of the molecule is CCNC(=NCCCN(C(C)C)C(C)C)N1CCS(=O)(=O)C(C)(C)C1.I. The maximum atomic E-state index is 12.2. The molecule has 0 spiro atoms. The number of aliphatic imine (C=N–C) groups is 1. The minimum Gasteiger partial charge on any atom is -0.357 e. The van der Waals surface area contributed by atoms with Crippen molar-refractivity contribution in [2.75, 3.05) is 38.5 Å². The molecule has 0 unspecified atom stereocenters. The van der Waals surface area contributed by atoms with E-state index in [1.807, 2.05) is 6.92 Å². The highest BCUT2D eigenvalue weighted by atomic mass is 127. The molecule has 1 aliphatic heterocycles. The molecule has 0 bridgehead atoms. The monoisotopic (exact) mass is 502 g/mol. The molecule has 1 aliphatic rings. The molecular weight excluding hydrogens is 463 g/mol. The average molecular weight is 503 g/mol. The van der Waals surface area contributed by atoms with E-state index in [0.717, 1.165) is 32.0 Å². The molecule has 8 heteroatoms. The van der Waals surface area contributed by atoms with Crippen LogP contribution < -0.4 is 5.32 Å². The highest BCUT2D eigenvalue weighted by Gasteiger charge is 2.40. The third-order valence-corrected chi connectivity index (χ3v) is 7.37. The summed E-state index contributed by atoms with van der Waals surface area (Å²) < 4.78 is 23.7. The topological polar surface area (TPSA) is 65.0 Å². The van der Waals surface area contributed by atoms with Gasteiger partial charge < -0.3 is 10.2 Å². The van der Waals surface area contributed by atoms with Crippen LogP contribution >= 0.6 is 24.0 Å². The highest BCUT2D eigenvalue weighted by Crippen LogP contribution is 2.23. The number of hydrogen-bond acceptors (Lipinski definition) is 4. The van der Waals surface area contributed by atoms with Gasteiger partial charge in [-0.3, -0.25) is 9.89 Å². The first kappa shape index (κ1) is 25.9. The molecule has 1 saturated heterocycles. The van der Waals surface area contributed by atoms with Crippen LogP contribution in [0.5, 0.6) is 0 Å². The number of rotatable bonds is 7. The van der Waals surface area contributed by atoms with Crippen LogP contribution in [-0.4, -0.2) is 79.5 Å². The smallest absolute Gasteiger partial charge is 0.193 e. The van der Waals surface area contributed by atoms with Crippen molar-refractivity contribution in [1.29, 1.82) is 0 Å². The molecule has 1 N–H and O–H groups in total. The first-order chi connectivity index (χ1) is 11.5. The molecule has 0 aromatic rings. The summed E-state index contributed by atoms with van der Waals surface area (Å²) in [6, 6.07) is 1.07. The molecule has 156 valence electrons. The Kier molecular flexibility index (Phi) is 11.0. The number of sulfone groups is 1. The molecule has 26 heavy (non-hydrogen) atoms. The fourth-order valence-electron chi connectivity index (χ4n) is 3.30. The Morgan fingerprint density at radius 3 is 2.27 bits per heavy atom. The second-order valence-electron chi connectivity index (χ2n) is 8.01. The largest absolute Gasteiger partial charge is 0.357 e. The minimum absolute atomic E-state index is 0. The molecule has 0 atom stereocenters. The Labute approximate surface area is 178 Å². The molecule has 0 saturated carbocycles. The first-order valence-electron chi connectivity index (χ1n) is 9.53. The summed E-state index contributed by atoms with van der Waals surface area (Å²) in [5, 5.41) is 3.32. The van der Waals surface area contributed by atoms with Crippen molar-refractivity contribution in [2.45, 2.75) is 71.7 Å². The second-order valence-corrected chi connectivity index (χ2v) is 10.8. The van der Waals surface area contributed by atoms with Crippen molar-refractivity contribution in [2.24, 2.45) is 4.99 Å². The van der Waals surface area contributed by atoms with Gasteiger partial charge in [0.1, 0.15) is 0 Å². The van der Waals surface area contributed by atoms with Crippen molar-refractivity contribution in [3.63, 3.8) is 0 Å². The summed E-state index contributed by atoms with van der Waals surface area (Å²) >= 11 is 0. The number of guanidine groups is 1. The normalized spacial score (nSPS) is 19.8. The maximum absolute atomic E-state index is 12.2. The van der Waals surface area contributed by atoms with E-state index in [1.54, 1.807) is 13.8 Å². The number of nitrogens with one attached hydrogen (secondary N) is 1. The molecule has 0 amide bonds. The van der Waals surface area contributed by atoms with Crippen LogP contribution in [0.3, 0.4) is 0 Å². The van der Waals surface area contributed by atoms with E-state index >= 15 is 0 Å². The molecule has 0 radical (unpaired) electrons. The quantitative estimate of drug-likeness (QED) is 0.251. The summed E-state index contributed by atoms with van der Waals surface area (Å²) in [5.74, 6) is 1.03. The van der Waals surface area contributed by atoms with Gasteiger partial charge in [0, 0.05) is 44.8 Å². The van der Waals surface area contributed by atoms with Crippen LogP contribution in [0, 0.1) is 0 Å². The van der Waals surface area contributed by atoms with E-state index in [9.17, 15) is 8.42 Å². The molecule has 0 aliphatic carbocycles. The summed E-state index contributed by atoms with van der Waals surface area (Å²) in [5.41, 5.74) is 0. The molecule has 0 aromatic carbocycles. The van der Waals surface area contributed by atoms with E-state index in [1.165, 1.54) is 0 Å². The lowest BCUT2D eigenvalue weighted by Crippen LogP contribution is -2.57. The van der Waals surface area contributed by atoms with Gasteiger partial charge in [-0.05, 0) is 54.9 Å². The summed E-state index contributed by atoms with van der Waals surface area (Å²) in [6.45, 7) is 18.1. The van der Waals surface area contributed by atoms with E-state index in [4.69, 9.17) is 4.99 Å². The van der Waals surface area contributed by atoms with Crippen molar-refractivity contribution in [3.8, 4) is 0 Å². The van der Waals surface area contributed by atoms with Gasteiger partial charge in [-0.25, -0.2) is 8.42 Å². The van der Waals surface area contributed by atoms with Gasteiger partial charge in [0.05, 0.1) is 10.5 Å². The van der Waals surface area contributed by atoms with E-state index in [2.05, 4.69) is 42.8 Å². The van der Waals surface area contributed by atoms with Gasteiger partial charge in [-0.1, -0.05) is 0 Å². The fraction of sp³-hybridized carbons (Fsp3) is 0.944. The first-order valence-corrected chi connectivity index (χ1v) is 11.2. The van der Waals surface area contributed by atoms with Gasteiger partial charge in [-0.2, -0.15) is 0 Å². The second kappa shape index (κ2) is 11.0. The van der Waals surface area contributed by atoms with Crippen molar-refractivity contribution >= 4 is 39.8 Å². The zero-order valence-corrected chi connectivity index (χ0v) is 20.7. The predicted octanol–water partition coefficient (Wildman–Crippen LogP) is 2.59. The molecule has 1 heterocycles. The van der Waals surface area contributed by atoms with Gasteiger partial charge >= 0.3 is 0 Å². The lowest BCUT2D eigenvalue weighted by Gasteiger charge is -2.39. The van der Waals surface area contributed by atoms with Crippen molar-refractivity contribution in [3.05, 3.63) is 0 Å². The number of hydrogen-bond donors (Lipinski definition) is 1. The molecular formula is C18H39IN4O2S. The molecule has 1 rings (SSSR count). The van der Waals surface area contributed by atoms with Crippen LogP contribution in [0.25, 0.3) is 0 Å².